The van der Waals surface area contributed by atoms with Crippen molar-refractivity contribution in [3.05, 3.63) is 124 Å². The molecule has 32 heavy (non-hydrogen) atoms. The molecule has 6 heteroatoms. The molecular weight excluding hydrogens is 420 g/mol. The monoisotopic (exact) mass is 440 g/mol. The van der Waals surface area contributed by atoms with Crippen molar-refractivity contribution in [3.63, 3.8) is 0 Å². The van der Waals surface area contributed by atoms with Crippen LogP contribution in [0.25, 0.3) is 0 Å². The maximum atomic E-state index is 12.6. The first-order valence-corrected chi connectivity index (χ1v) is 10.9. The Balaban J connectivity index is 1.37. The van der Waals surface area contributed by atoms with Gasteiger partial charge in [-0.25, -0.2) is 0 Å². The maximum Gasteiger partial charge on any atom is 0.261 e. The number of carbonyl (C=O) groups is 3. The molecule has 1 aromatic heterocycles. The molecule has 0 saturated carbocycles. The third kappa shape index (κ3) is 5.17. The van der Waals surface area contributed by atoms with Crippen molar-refractivity contribution in [1.82, 2.24) is 5.32 Å². The minimum atomic E-state index is -0.275. The lowest BCUT2D eigenvalue weighted by Gasteiger charge is -2.09. The molecule has 0 aliphatic carbocycles. The Hall–Kier alpha value is -4.03. The molecule has 2 N–H and O–H groups in total. The van der Waals surface area contributed by atoms with Crippen molar-refractivity contribution in [2.24, 2.45) is 0 Å². The van der Waals surface area contributed by atoms with Gasteiger partial charge < -0.3 is 10.6 Å². The largest absolute Gasteiger partial charge is 0.347 e. The minimum Gasteiger partial charge on any atom is -0.347 e. The molecule has 0 aliphatic rings. The predicted molar refractivity (Wildman–Crippen MR) is 126 cm³/mol. The van der Waals surface area contributed by atoms with E-state index in [1.165, 1.54) is 11.3 Å². The normalized spacial score (nSPS) is 10.4. The molecule has 0 atom stereocenters. The van der Waals surface area contributed by atoms with Gasteiger partial charge in [-0.3, -0.25) is 14.4 Å². The lowest BCUT2D eigenvalue weighted by atomic mass is 10.0. The first kappa shape index (κ1) is 21.2. The molecule has 0 spiro atoms. The number of hydrogen-bond acceptors (Lipinski definition) is 4. The summed E-state index contributed by atoms with van der Waals surface area (Å²) < 4.78 is 0. The van der Waals surface area contributed by atoms with Crippen LogP contribution in [-0.4, -0.2) is 17.6 Å². The topological polar surface area (TPSA) is 75.3 Å². The van der Waals surface area contributed by atoms with Gasteiger partial charge in [-0.1, -0.05) is 60.7 Å². The molecule has 2 amide bonds. The van der Waals surface area contributed by atoms with Crippen LogP contribution in [0.3, 0.4) is 0 Å². The average molecular weight is 441 g/mol. The quantitative estimate of drug-likeness (QED) is 0.390. The second kappa shape index (κ2) is 9.85. The second-order valence-electron chi connectivity index (χ2n) is 7.09. The summed E-state index contributed by atoms with van der Waals surface area (Å²) in [5.41, 5.74) is 3.02. The van der Waals surface area contributed by atoms with Gasteiger partial charge in [0, 0.05) is 28.9 Å². The van der Waals surface area contributed by atoms with E-state index in [-0.39, 0.29) is 17.6 Å². The third-order valence-electron chi connectivity index (χ3n) is 4.83. The van der Waals surface area contributed by atoms with E-state index in [0.29, 0.717) is 33.8 Å². The molecular formula is C26H20N2O3S. The number of benzene rings is 3. The van der Waals surface area contributed by atoms with Gasteiger partial charge in [-0.05, 0) is 41.3 Å². The van der Waals surface area contributed by atoms with Crippen LogP contribution >= 0.6 is 11.3 Å². The molecule has 0 aliphatic heterocycles. The number of hydrogen-bond donors (Lipinski definition) is 2. The van der Waals surface area contributed by atoms with Gasteiger partial charge in [-0.2, -0.15) is 0 Å². The fraction of sp³-hybridized carbons (Fsp3) is 0.0385. The van der Waals surface area contributed by atoms with Crippen LogP contribution < -0.4 is 10.6 Å². The van der Waals surface area contributed by atoms with Gasteiger partial charge in [0.05, 0.1) is 4.88 Å². The molecule has 0 fully saturated rings. The van der Waals surface area contributed by atoms with E-state index in [1.54, 1.807) is 66.7 Å². The molecule has 5 nitrogen and oxygen atoms in total. The zero-order valence-corrected chi connectivity index (χ0v) is 17.9. The predicted octanol–water partition coefficient (Wildman–Crippen LogP) is 5.16. The van der Waals surface area contributed by atoms with E-state index in [2.05, 4.69) is 10.6 Å². The lowest BCUT2D eigenvalue weighted by molar-refractivity contribution is 0.0953. The van der Waals surface area contributed by atoms with Crippen LogP contribution in [0.5, 0.6) is 0 Å². The van der Waals surface area contributed by atoms with E-state index in [9.17, 15) is 14.4 Å². The molecule has 1 heterocycles. The number of nitrogens with one attached hydrogen (secondary N) is 2. The number of amides is 2. The van der Waals surface area contributed by atoms with E-state index >= 15 is 0 Å². The number of anilines is 1. The lowest BCUT2D eigenvalue weighted by Crippen LogP contribution is -2.21. The van der Waals surface area contributed by atoms with Crippen molar-refractivity contribution in [2.45, 2.75) is 6.54 Å². The first-order valence-electron chi connectivity index (χ1n) is 10.0. The van der Waals surface area contributed by atoms with E-state index in [1.807, 2.05) is 29.6 Å². The molecule has 158 valence electrons. The summed E-state index contributed by atoms with van der Waals surface area (Å²) in [4.78, 5) is 38.0. The molecule has 0 saturated heterocycles. The zero-order chi connectivity index (χ0) is 22.3. The Morgan fingerprint density at radius 1 is 0.688 bits per heavy atom. The summed E-state index contributed by atoms with van der Waals surface area (Å²) >= 11 is 1.39. The molecule has 4 aromatic rings. The van der Waals surface area contributed by atoms with Crippen LogP contribution in [0.2, 0.25) is 0 Å². The van der Waals surface area contributed by atoms with E-state index < -0.39 is 0 Å². The van der Waals surface area contributed by atoms with Crippen molar-refractivity contribution < 1.29 is 14.4 Å². The van der Waals surface area contributed by atoms with Crippen LogP contribution in [0.4, 0.5) is 5.69 Å². The van der Waals surface area contributed by atoms with Crippen molar-refractivity contribution in [1.29, 1.82) is 0 Å². The Bertz CT molecular complexity index is 1230. The fourth-order valence-electron chi connectivity index (χ4n) is 3.15. The molecule has 0 bridgehead atoms. The highest BCUT2D eigenvalue weighted by molar-refractivity contribution is 7.12. The maximum absolute atomic E-state index is 12.6. The van der Waals surface area contributed by atoms with E-state index in [4.69, 9.17) is 0 Å². The summed E-state index contributed by atoms with van der Waals surface area (Å²) in [6.07, 6.45) is 0. The Morgan fingerprint density at radius 3 is 2.16 bits per heavy atom. The highest BCUT2D eigenvalue weighted by Gasteiger charge is 2.11. The van der Waals surface area contributed by atoms with Gasteiger partial charge in [0.25, 0.3) is 11.8 Å². The van der Waals surface area contributed by atoms with Gasteiger partial charge in [0.15, 0.2) is 5.78 Å². The molecule has 0 radical (unpaired) electrons. The zero-order valence-electron chi connectivity index (χ0n) is 17.1. The Labute approximate surface area is 189 Å². The van der Waals surface area contributed by atoms with E-state index in [0.717, 1.165) is 5.56 Å². The van der Waals surface area contributed by atoms with Crippen molar-refractivity contribution in [3.8, 4) is 0 Å². The number of rotatable bonds is 7. The summed E-state index contributed by atoms with van der Waals surface area (Å²) in [5.74, 6) is -0.495. The fourth-order valence-corrected chi connectivity index (χ4v) is 3.79. The van der Waals surface area contributed by atoms with Crippen molar-refractivity contribution >= 4 is 34.6 Å². The second-order valence-corrected chi connectivity index (χ2v) is 8.03. The van der Waals surface area contributed by atoms with Crippen LogP contribution in [-0.2, 0) is 6.54 Å². The molecule has 4 rings (SSSR count). The smallest absolute Gasteiger partial charge is 0.261 e. The van der Waals surface area contributed by atoms with Gasteiger partial charge in [-0.15, -0.1) is 11.3 Å². The summed E-state index contributed by atoms with van der Waals surface area (Å²) in [5, 5.41) is 7.55. The SMILES string of the molecule is O=C(Nc1cccc(C(=O)c2ccccc2)c1)c1ccc(CNC(=O)c2cccs2)cc1. The van der Waals surface area contributed by atoms with Crippen molar-refractivity contribution in [2.75, 3.05) is 5.32 Å². The Morgan fingerprint density at radius 2 is 1.44 bits per heavy atom. The number of carbonyl (C=O) groups excluding carboxylic acids is 3. The minimum absolute atomic E-state index is 0.101. The molecule has 0 unspecified atom stereocenters. The van der Waals surface area contributed by atoms with Crippen LogP contribution in [0.15, 0.2) is 96.4 Å². The summed E-state index contributed by atoms with van der Waals surface area (Å²) in [6, 6.07) is 26.5. The molecule has 3 aromatic carbocycles. The van der Waals surface area contributed by atoms with Gasteiger partial charge in [0.1, 0.15) is 0 Å². The standard InChI is InChI=1S/C26H20N2O3S/c29-24(19-6-2-1-3-7-19)21-8-4-9-22(16-21)28-25(30)20-13-11-18(12-14-20)17-27-26(31)23-10-5-15-32-23/h1-16H,17H2,(H,27,31)(H,28,30). The summed E-state index contributed by atoms with van der Waals surface area (Å²) in [7, 11) is 0. The Kier molecular flexibility index (Phi) is 6.53. The average Bonchev–Trinajstić information content (AvgIpc) is 3.38. The highest BCUT2D eigenvalue weighted by atomic mass is 32.1. The highest BCUT2D eigenvalue weighted by Crippen LogP contribution is 2.16. The number of ketones is 1. The summed E-state index contributed by atoms with van der Waals surface area (Å²) in [6.45, 7) is 0.377. The van der Waals surface area contributed by atoms with Crippen LogP contribution in [0, 0.1) is 0 Å². The van der Waals surface area contributed by atoms with Gasteiger partial charge in [0.2, 0.25) is 0 Å². The third-order valence-corrected chi connectivity index (χ3v) is 5.70. The van der Waals surface area contributed by atoms with Crippen LogP contribution in [0.1, 0.15) is 41.5 Å². The first-order chi connectivity index (χ1) is 15.6. The number of thiophene rings is 1. The van der Waals surface area contributed by atoms with Gasteiger partial charge >= 0.3 is 0 Å².